The first-order valence-electron chi connectivity index (χ1n) is 7.23. The molecular weight excluding hydrogens is 292 g/mol. The minimum absolute atomic E-state index is 0.00653. The number of sulfone groups is 1. The zero-order valence-corrected chi connectivity index (χ0v) is 13.0. The number of rotatable bonds is 3. The third kappa shape index (κ3) is 2.45. The molecule has 3 rings (SSSR count). The van der Waals surface area contributed by atoms with Gasteiger partial charge >= 0.3 is 0 Å². The summed E-state index contributed by atoms with van der Waals surface area (Å²) in [7, 11) is -3.60. The van der Waals surface area contributed by atoms with Crippen LogP contribution in [0.15, 0.2) is 29.2 Å². The second kappa shape index (κ2) is 4.97. The highest BCUT2D eigenvalue weighted by molar-refractivity contribution is 7.92. The van der Waals surface area contributed by atoms with E-state index in [9.17, 15) is 13.5 Å². The number of benzene rings is 1. The molecule has 2 aliphatic rings. The third-order valence-corrected chi connectivity index (χ3v) is 6.52. The summed E-state index contributed by atoms with van der Waals surface area (Å²) in [6.07, 6.45) is 1.24. The van der Waals surface area contributed by atoms with Gasteiger partial charge in [0, 0.05) is 6.42 Å². The fraction of sp³-hybridized carbons (Fsp3) is 0.600. The molecule has 2 bridgehead atoms. The summed E-state index contributed by atoms with van der Waals surface area (Å²) in [4.78, 5) is -0.00653. The third-order valence-electron chi connectivity index (χ3n) is 4.32. The topological polar surface area (TPSA) is 72.8 Å². The Labute approximate surface area is 124 Å². The minimum atomic E-state index is -3.60. The zero-order valence-electron chi connectivity index (χ0n) is 12.2. The normalized spacial score (nSPS) is 35.8. The van der Waals surface area contributed by atoms with Gasteiger partial charge in [-0.1, -0.05) is 19.1 Å². The number of phenolic OH excluding ortho intramolecular Hbond substituents is 1. The van der Waals surface area contributed by atoms with Crippen molar-refractivity contribution in [2.45, 2.75) is 61.3 Å². The Morgan fingerprint density at radius 3 is 2.71 bits per heavy atom. The summed E-state index contributed by atoms with van der Waals surface area (Å²) in [5.74, 6) is -1.04. The molecular formula is C15H20O5S. The molecule has 5 nitrogen and oxygen atoms in total. The molecule has 2 saturated heterocycles. The van der Waals surface area contributed by atoms with E-state index in [1.807, 2.05) is 6.92 Å². The fourth-order valence-electron chi connectivity index (χ4n) is 3.33. The highest BCUT2D eigenvalue weighted by atomic mass is 32.2. The van der Waals surface area contributed by atoms with Gasteiger partial charge in [-0.25, -0.2) is 8.42 Å². The lowest BCUT2D eigenvalue weighted by molar-refractivity contribution is -0.178. The van der Waals surface area contributed by atoms with Gasteiger partial charge in [0.25, 0.3) is 0 Å². The van der Waals surface area contributed by atoms with E-state index in [-0.39, 0.29) is 29.3 Å². The molecule has 1 N–H and O–H groups in total. The van der Waals surface area contributed by atoms with Gasteiger partial charge in [-0.05, 0) is 31.9 Å². The van der Waals surface area contributed by atoms with Crippen molar-refractivity contribution in [3.05, 3.63) is 24.3 Å². The molecule has 6 heteroatoms. The second-order valence-electron chi connectivity index (χ2n) is 5.93. The van der Waals surface area contributed by atoms with E-state index in [0.717, 1.165) is 6.42 Å². The van der Waals surface area contributed by atoms with Crippen LogP contribution in [-0.2, 0) is 19.3 Å². The Morgan fingerprint density at radius 2 is 2.05 bits per heavy atom. The predicted molar refractivity (Wildman–Crippen MR) is 76.8 cm³/mol. The summed E-state index contributed by atoms with van der Waals surface area (Å²) in [6, 6.07) is 6.07. The average Bonchev–Trinajstić information content (AvgIpc) is 2.67. The molecule has 0 aliphatic carbocycles. The van der Waals surface area contributed by atoms with Crippen LogP contribution in [0.3, 0.4) is 0 Å². The molecule has 2 fully saturated rings. The van der Waals surface area contributed by atoms with Crippen molar-refractivity contribution < 1.29 is 23.0 Å². The molecule has 4 atom stereocenters. The molecule has 0 amide bonds. The average molecular weight is 312 g/mol. The lowest BCUT2D eigenvalue weighted by Crippen LogP contribution is -2.41. The largest absolute Gasteiger partial charge is 0.507 e. The van der Waals surface area contributed by atoms with Gasteiger partial charge in [0.1, 0.15) is 10.6 Å². The predicted octanol–water partition coefficient (Wildman–Crippen LogP) is 2.24. The Bertz CT molecular complexity index is 641. The Kier molecular flexibility index (Phi) is 3.50. The van der Waals surface area contributed by atoms with E-state index in [0.29, 0.717) is 6.42 Å². The maximum absolute atomic E-state index is 12.8. The minimum Gasteiger partial charge on any atom is -0.507 e. The standard InChI is InChI=1S/C15H20O5S/c1-3-12-13-8-10(9-15(2,19-12)20-13)21(17,18)14-7-5-4-6-11(14)16/h4-7,10,12-13,16H,3,8-9H2,1-2H3/t10-,12+,13-,15+/m1/s1. The molecule has 1 aromatic carbocycles. The van der Waals surface area contributed by atoms with E-state index in [1.165, 1.54) is 12.1 Å². The zero-order chi connectivity index (χ0) is 15.3. The van der Waals surface area contributed by atoms with Gasteiger partial charge in [0.2, 0.25) is 0 Å². The van der Waals surface area contributed by atoms with Crippen LogP contribution in [0.4, 0.5) is 0 Å². The molecule has 116 valence electrons. The molecule has 21 heavy (non-hydrogen) atoms. The Hall–Kier alpha value is -1.11. The molecule has 2 aliphatic heterocycles. The quantitative estimate of drug-likeness (QED) is 0.926. The second-order valence-corrected chi connectivity index (χ2v) is 8.13. The van der Waals surface area contributed by atoms with Gasteiger partial charge < -0.3 is 14.6 Å². The monoisotopic (exact) mass is 312 g/mol. The molecule has 2 heterocycles. The van der Waals surface area contributed by atoms with E-state index >= 15 is 0 Å². The maximum Gasteiger partial charge on any atom is 0.185 e. The van der Waals surface area contributed by atoms with Crippen LogP contribution in [0.25, 0.3) is 0 Å². The van der Waals surface area contributed by atoms with Crippen molar-refractivity contribution in [2.75, 3.05) is 0 Å². The first-order valence-corrected chi connectivity index (χ1v) is 8.78. The van der Waals surface area contributed by atoms with Crippen LogP contribution < -0.4 is 0 Å². The summed E-state index contributed by atoms with van der Waals surface area (Å²) in [6.45, 7) is 3.80. The Morgan fingerprint density at radius 1 is 1.33 bits per heavy atom. The van der Waals surface area contributed by atoms with Crippen molar-refractivity contribution in [1.82, 2.24) is 0 Å². The van der Waals surface area contributed by atoms with Gasteiger partial charge in [-0.2, -0.15) is 0 Å². The SMILES string of the molecule is CC[C@@H]1O[C@]2(C)C[C@H](S(=O)(=O)c3ccccc3O)C[C@H]1O2. The number of para-hydroxylation sites is 1. The molecule has 0 aromatic heterocycles. The van der Waals surface area contributed by atoms with Crippen molar-refractivity contribution in [3.63, 3.8) is 0 Å². The molecule has 0 saturated carbocycles. The Balaban J connectivity index is 1.93. The highest BCUT2D eigenvalue weighted by Crippen LogP contribution is 2.44. The van der Waals surface area contributed by atoms with E-state index < -0.39 is 20.9 Å². The highest BCUT2D eigenvalue weighted by Gasteiger charge is 2.53. The van der Waals surface area contributed by atoms with Crippen LogP contribution in [0.2, 0.25) is 0 Å². The number of hydrogen-bond donors (Lipinski definition) is 1. The summed E-state index contributed by atoms with van der Waals surface area (Å²) >= 11 is 0. The fourth-order valence-corrected chi connectivity index (χ4v) is 5.28. The van der Waals surface area contributed by atoms with E-state index in [2.05, 4.69) is 0 Å². The van der Waals surface area contributed by atoms with Crippen LogP contribution in [0.5, 0.6) is 5.75 Å². The van der Waals surface area contributed by atoms with Gasteiger partial charge in [-0.3, -0.25) is 0 Å². The van der Waals surface area contributed by atoms with Crippen LogP contribution in [-0.4, -0.2) is 36.8 Å². The van der Waals surface area contributed by atoms with Gasteiger partial charge in [0.05, 0.1) is 17.5 Å². The number of aromatic hydroxyl groups is 1. The summed E-state index contributed by atoms with van der Waals surface area (Å²) in [5, 5.41) is 9.25. The van der Waals surface area contributed by atoms with Crippen LogP contribution in [0, 0.1) is 0 Å². The number of ether oxygens (including phenoxy) is 2. The first kappa shape index (κ1) is 14.8. The lowest BCUT2D eigenvalue weighted by Gasteiger charge is -2.33. The smallest absolute Gasteiger partial charge is 0.185 e. The van der Waals surface area contributed by atoms with Crippen molar-refractivity contribution >= 4 is 9.84 Å². The maximum atomic E-state index is 12.8. The van der Waals surface area contributed by atoms with Crippen LogP contribution in [0.1, 0.15) is 33.1 Å². The summed E-state index contributed by atoms with van der Waals surface area (Å²) in [5.41, 5.74) is 0. The summed E-state index contributed by atoms with van der Waals surface area (Å²) < 4.78 is 37.3. The van der Waals surface area contributed by atoms with Gasteiger partial charge in [0.15, 0.2) is 15.6 Å². The molecule has 0 unspecified atom stereocenters. The van der Waals surface area contributed by atoms with E-state index in [1.54, 1.807) is 19.1 Å². The number of phenols is 1. The van der Waals surface area contributed by atoms with Crippen molar-refractivity contribution in [3.8, 4) is 5.75 Å². The number of hydrogen-bond acceptors (Lipinski definition) is 5. The molecule has 1 aromatic rings. The van der Waals surface area contributed by atoms with Crippen molar-refractivity contribution in [2.24, 2.45) is 0 Å². The molecule has 0 radical (unpaired) electrons. The first-order chi connectivity index (χ1) is 9.86. The van der Waals surface area contributed by atoms with Crippen molar-refractivity contribution in [1.29, 1.82) is 0 Å². The van der Waals surface area contributed by atoms with Crippen LogP contribution >= 0.6 is 0 Å². The lowest BCUT2D eigenvalue weighted by atomic mass is 10.0. The van der Waals surface area contributed by atoms with E-state index in [4.69, 9.17) is 9.47 Å². The van der Waals surface area contributed by atoms with Gasteiger partial charge in [-0.15, -0.1) is 0 Å². The number of fused-ring (bicyclic) bond motifs is 2. The molecule has 0 spiro atoms.